The first-order valence-electron chi connectivity index (χ1n) is 14.4. The molecule has 1 N–H and O–H groups in total. The number of anilines is 1. The molecule has 0 aliphatic heterocycles. The normalized spacial score (nSPS) is 22.6. The minimum atomic E-state index is -3.07. The predicted octanol–water partition coefficient (Wildman–Crippen LogP) is 6.28. The van der Waals surface area contributed by atoms with Crippen LogP contribution in [0.4, 0.5) is 10.1 Å². The number of nitrogens with zero attached hydrogens (tertiary/aromatic N) is 3. The van der Waals surface area contributed by atoms with Crippen molar-refractivity contribution >= 4 is 24.4 Å². The molecule has 3 atom stereocenters. The lowest BCUT2D eigenvalue weighted by Crippen LogP contribution is -2.65. The van der Waals surface area contributed by atoms with E-state index in [1.54, 1.807) is 6.08 Å². The van der Waals surface area contributed by atoms with Crippen LogP contribution in [0.1, 0.15) is 51.0 Å². The largest absolute Gasteiger partial charge is 0.424 e. The topological polar surface area (TPSA) is 49.2 Å². The molecule has 0 radical (unpaired) electrons. The Morgan fingerprint density at radius 3 is 2.25 bits per heavy atom. The Labute approximate surface area is 239 Å². The Balaban J connectivity index is 1.40. The van der Waals surface area contributed by atoms with Crippen LogP contribution in [0.25, 0.3) is 0 Å². The van der Waals surface area contributed by atoms with Crippen molar-refractivity contribution in [3.8, 4) is 0 Å². The first kappa shape index (κ1) is 28.4. The van der Waals surface area contributed by atoms with Crippen molar-refractivity contribution in [2.45, 2.75) is 58.4 Å². The number of benzene rings is 2. The summed E-state index contributed by atoms with van der Waals surface area (Å²) in [6.45, 7) is 9.25. The summed E-state index contributed by atoms with van der Waals surface area (Å²) in [6.07, 6.45) is 11.0. The van der Waals surface area contributed by atoms with Crippen LogP contribution < -0.4 is 15.3 Å². The van der Waals surface area contributed by atoms with Crippen molar-refractivity contribution in [2.75, 3.05) is 18.5 Å². The zero-order valence-electron chi connectivity index (χ0n) is 24.4. The van der Waals surface area contributed by atoms with Gasteiger partial charge in [0, 0.05) is 20.0 Å². The second-order valence-electron chi connectivity index (χ2n) is 12.6. The van der Waals surface area contributed by atoms with Crippen molar-refractivity contribution in [1.82, 2.24) is 9.97 Å². The molecule has 0 bridgehead atoms. The van der Waals surface area contributed by atoms with Crippen LogP contribution >= 0.6 is 0 Å². The molecule has 1 heterocycles. The summed E-state index contributed by atoms with van der Waals surface area (Å²) in [5, 5.41) is 1.79. The molecule has 3 aromatic rings. The van der Waals surface area contributed by atoms with Crippen LogP contribution in [-0.4, -0.2) is 36.7 Å². The van der Waals surface area contributed by atoms with E-state index in [-0.39, 0.29) is 22.2 Å². The minimum absolute atomic E-state index is 0.0244. The Bertz CT molecular complexity index is 1350. The van der Waals surface area contributed by atoms with Gasteiger partial charge in [-0.15, -0.1) is 0 Å². The third-order valence-corrected chi connectivity index (χ3v) is 14.1. The Morgan fingerprint density at radius 1 is 1.05 bits per heavy atom. The summed E-state index contributed by atoms with van der Waals surface area (Å²) in [4.78, 5) is 23.9. The van der Waals surface area contributed by atoms with Crippen LogP contribution in [0.2, 0.25) is 5.04 Å². The third-order valence-electron chi connectivity index (χ3n) is 9.55. The average molecular weight is 556 g/mol. The molecule has 0 amide bonds. The van der Waals surface area contributed by atoms with Crippen molar-refractivity contribution < 1.29 is 9.19 Å². The molecule has 2 aromatic carbocycles. The molecule has 2 aliphatic rings. The maximum Gasteiger partial charge on any atom is 0.258 e. The molecule has 4 nitrogen and oxygen atoms in total. The molecule has 0 spiro atoms. The van der Waals surface area contributed by atoms with Crippen molar-refractivity contribution in [3.63, 3.8) is 0 Å². The third kappa shape index (κ3) is 5.31. The van der Waals surface area contributed by atoms with Gasteiger partial charge in [-0.1, -0.05) is 86.7 Å². The molecular formula is C34H42FN3OSi. The maximum atomic E-state index is 14.5. The van der Waals surface area contributed by atoms with E-state index in [1.165, 1.54) is 0 Å². The fraction of sp³-hybridized carbons (Fsp3) is 0.412. The Morgan fingerprint density at radius 2 is 1.68 bits per heavy atom. The number of rotatable bonds is 10. The first-order chi connectivity index (χ1) is 19.1. The highest BCUT2D eigenvalue weighted by molar-refractivity contribution is 6.98. The molecule has 40 heavy (non-hydrogen) atoms. The van der Waals surface area contributed by atoms with Crippen molar-refractivity contribution in [1.29, 1.82) is 0 Å². The second kappa shape index (κ2) is 11.1. The maximum absolute atomic E-state index is 14.5. The first-order valence-corrected chi connectivity index (χ1v) is 16.4. The molecule has 0 saturated heterocycles. The van der Waals surface area contributed by atoms with E-state index in [0.717, 1.165) is 53.4 Å². The second-order valence-corrected chi connectivity index (χ2v) is 16.5. The molecule has 2 aliphatic carbocycles. The van der Waals surface area contributed by atoms with Gasteiger partial charge < -0.3 is 9.70 Å². The quantitative estimate of drug-likeness (QED) is 0.299. The average Bonchev–Trinajstić information content (AvgIpc) is 3.65. The van der Waals surface area contributed by atoms with E-state index < -0.39 is 8.32 Å². The lowest BCUT2D eigenvalue weighted by atomic mass is 9.80. The number of hydrogen-bond donors (Lipinski definition) is 1. The zero-order chi connectivity index (χ0) is 28.5. The summed E-state index contributed by atoms with van der Waals surface area (Å²) < 4.78 is 14.5. The molecule has 1 unspecified atom stereocenters. The fourth-order valence-electron chi connectivity index (χ4n) is 7.09. The SMILES string of the molecule is Cc1ncc(N(C)C[C@@]2(C3C=CC=C(F)C3)C[C@H]2CCC(C)(C)[Si](O)(c2ccccc2)c2ccccc2)c(C)n1. The molecule has 1 saturated carbocycles. The Kier molecular flexibility index (Phi) is 7.86. The number of allylic oxidation sites excluding steroid dienone is 4. The smallest absolute Gasteiger partial charge is 0.258 e. The highest BCUT2D eigenvalue weighted by atomic mass is 28.4. The fourth-order valence-corrected chi connectivity index (χ4v) is 10.8. The van der Waals surface area contributed by atoms with Gasteiger partial charge in [0.15, 0.2) is 0 Å². The highest BCUT2D eigenvalue weighted by Gasteiger charge is 2.59. The number of hydrogen-bond acceptors (Lipinski definition) is 4. The molecule has 1 fully saturated rings. The van der Waals surface area contributed by atoms with E-state index in [1.807, 2.05) is 62.5 Å². The zero-order valence-corrected chi connectivity index (χ0v) is 25.4. The predicted molar refractivity (Wildman–Crippen MR) is 165 cm³/mol. The molecule has 1 aromatic heterocycles. The van der Waals surface area contributed by atoms with Crippen LogP contribution in [0.5, 0.6) is 0 Å². The van der Waals surface area contributed by atoms with E-state index in [2.05, 4.69) is 66.1 Å². The standard InChI is InChI=1S/C34H42FN3OSi/c1-25-32(23-36-26(2)37-25)38(5)24-34(27-13-12-14-29(35)21-27)22-28(34)19-20-33(3,4)40(39,30-15-8-6-9-16-30)31-17-10-7-11-18-31/h6-18,23,27-28,39H,19-22,24H2,1-5H3/t27?,28-,34-/m1/s1. The van der Waals surface area contributed by atoms with Gasteiger partial charge in [-0.2, -0.15) is 0 Å². The van der Waals surface area contributed by atoms with Crippen LogP contribution in [0, 0.1) is 31.1 Å². The van der Waals surface area contributed by atoms with Gasteiger partial charge in [0.1, 0.15) is 11.7 Å². The van der Waals surface area contributed by atoms with Crippen LogP contribution in [0.3, 0.4) is 0 Å². The number of halogens is 1. The van der Waals surface area contributed by atoms with Gasteiger partial charge in [-0.25, -0.2) is 14.4 Å². The van der Waals surface area contributed by atoms with Gasteiger partial charge in [-0.05, 0) is 71.8 Å². The van der Waals surface area contributed by atoms with Gasteiger partial charge in [0.05, 0.1) is 17.6 Å². The van der Waals surface area contributed by atoms with Crippen molar-refractivity contribution in [2.24, 2.45) is 17.3 Å². The lowest BCUT2D eigenvalue weighted by molar-refractivity contribution is 0.303. The molecular weight excluding hydrogens is 513 g/mol. The van der Waals surface area contributed by atoms with Crippen LogP contribution in [0.15, 0.2) is 90.9 Å². The molecule has 5 rings (SSSR count). The molecule has 210 valence electrons. The number of aryl methyl sites for hydroxylation is 2. The van der Waals surface area contributed by atoms with Gasteiger partial charge in [-0.3, -0.25) is 0 Å². The van der Waals surface area contributed by atoms with Gasteiger partial charge >= 0.3 is 0 Å². The van der Waals surface area contributed by atoms with E-state index >= 15 is 0 Å². The summed E-state index contributed by atoms with van der Waals surface area (Å²) in [5.74, 6) is 1.34. The van der Waals surface area contributed by atoms with Crippen molar-refractivity contribution in [3.05, 3.63) is 102 Å². The minimum Gasteiger partial charge on any atom is -0.424 e. The van der Waals surface area contributed by atoms with Crippen LogP contribution in [-0.2, 0) is 0 Å². The van der Waals surface area contributed by atoms with E-state index in [9.17, 15) is 9.19 Å². The summed E-state index contributed by atoms with van der Waals surface area (Å²) in [7, 11) is -0.964. The summed E-state index contributed by atoms with van der Waals surface area (Å²) in [5.41, 5.74) is 1.97. The molecule has 6 heteroatoms. The lowest BCUT2D eigenvalue weighted by Gasteiger charge is -2.42. The van der Waals surface area contributed by atoms with E-state index in [0.29, 0.717) is 12.3 Å². The van der Waals surface area contributed by atoms with Gasteiger partial charge in [0.25, 0.3) is 8.32 Å². The summed E-state index contributed by atoms with van der Waals surface area (Å²) >= 11 is 0. The Hall–Kier alpha value is -3.09. The number of aromatic nitrogens is 2. The van der Waals surface area contributed by atoms with Gasteiger partial charge in [0.2, 0.25) is 0 Å². The monoisotopic (exact) mass is 555 g/mol. The van der Waals surface area contributed by atoms with E-state index in [4.69, 9.17) is 0 Å². The highest BCUT2D eigenvalue weighted by Crippen LogP contribution is 2.63. The summed E-state index contributed by atoms with van der Waals surface area (Å²) in [6, 6.07) is 20.5.